The lowest BCUT2D eigenvalue weighted by Crippen LogP contribution is -2.34. The summed E-state index contributed by atoms with van der Waals surface area (Å²) in [5.41, 5.74) is 9.05. The van der Waals surface area contributed by atoms with E-state index >= 15 is 0 Å². The number of likely N-dealkylation sites (tertiary alicyclic amines) is 1. The van der Waals surface area contributed by atoms with Crippen LogP contribution >= 0.6 is 0 Å². The first kappa shape index (κ1) is 13.3. The molecule has 0 aliphatic carbocycles. The molecule has 1 aromatic heterocycles. The fourth-order valence-electron chi connectivity index (χ4n) is 2.95. The number of rotatable bonds is 3. The highest BCUT2D eigenvalue weighted by Crippen LogP contribution is 2.25. The molecule has 2 heterocycles. The van der Waals surface area contributed by atoms with E-state index in [0.717, 1.165) is 49.1 Å². The number of aliphatic hydroxyl groups excluding tert-OH is 1. The number of nitrogens with zero attached hydrogens (tertiary/aromatic N) is 2. The SMILES string of the molecule is Nc1ccc(CN2CCC(CO)CC2)c2ncccc12. The first-order chi connectivity index (χ1) is 9.78. The summed E-state index contributed by atoms with van der Waals surface area (Å²) in [6.07, 6.45) is 3.98. The standard InChI is InChI=1S/C16H21N3O/c17-15-4-3-13(16-14(15)2-1-7-18-16)10-19-8-5-12(11-20)6-9-19/h1-4,7,12,20H,5-6,8-11,17H2. The Balaban J connectivity index is 1.80. The van der Waals surface area contributed by atoms with E-state index in [1.165, 1.54) is 5.56 Å². The van der Waals surface area contributed by atoms with Crippen LogP contribution in [-0.4, -0.2) is 34.7 Å². The maximum absolute atomic E-state index is 9.20. The van der Waals surface area contributed by atoms with Crippen molar-refractivity contribution >= 4 is 16.6 Å². The van der Waals surface area contributed by atoms with E-state index in [-0.39, 0.29) is 0 Å². The molecule has 0 saturated carbocycles. The summed E-state index contributed by atoms with van der Waals surface area (Å²) < 4.78 is 0. The summed E-state index contributed by atoms with van der Waals surface area (Å²) in [6.45, 7) is 3.32. The number of hydrogen-bond donors (Lipinski definition) is 2. The van der Waals surface area contributed by atoms with Gasteiger partial charge in [0.1, 0.15) is 0 Å². The van der Waals surface area contributed by atoms with E-state index in [1.54, 1.807) is 0 Å². The summed E-state index contributed by atoms with van der Waals surface area (Å²) in [6, 6.07) is 8.01. The summed E-state index contributed by atoms with van der Waals surface area (Å²) in [5, 5.41) is 10.2. The van der Waals surface area contributed by atoms with Gasteiger partial charge in [0.15, 0.2) is 0 Å². The van der Waals surface area contributed by atoms with Crippen LogP contribution in [0.25, 0.3) is 10.9 Å². The largest absolute Gasteiger partial charge is 0.398 e. The quantitative estimate of drug-likeness (QED) is 0.838. The molecular formula is C16H21N3O. The van der Waals surface area contributed by atoms with Gasteiger partial charge in [0.25, 0.3) is 0 Å². The number of fused-ring (bicyclic) bond motifs is 1. The molecule has 1 fully saturated rings. The van der Waals surface area contributed by atoms with Crippen molar-refractivity contribution in [3.05, 3.63) is 36.0 Å². The summed E-state index contributed by atoms with van der Waals surface area (Å²) in [4.78, 5) is 6.93. The topological polar surface area (TPSA) is 62.4 Å². The molecule has 1 saturated heterocycles. The lowest BCUT2D eigenvalue weighted by molar-refractivity contribution is 0.127. The third kappa shape index (κ3) is 2.62. The van der Waals surface area contributed by atoms with Crippen LogP contribution in [0.1, 0.15) is 18.4 Å². The van der Waals surface area contributed by atoms with Crippen molar-refractivity contribution in [2.45, 2.75) is 19.4 Å². The number of pyridine rings is 1. The fourth-order valence-corrected chi connectivity index (χ4v) is 2.95. The smallest absolute Gasteiger partial charge is 0.0767 e. The van der Waals surface area contributed by atoms with Crippen LogP contribution in [0.5, 0.6) is 0 Å². The van der Waals surface area contributed by atoms with Crippen molar-refractivity contribution in [3.63, 3.8) is 0 Å². The van der Waals surface area contributed by atoms with E-state index < -0.39 is 0 Å². The number of nitrogens with two attached hydrogens (primary N) is 1. The Bertz CT molecular complexity index is 591. The molecule has 106 valence electrons. The van der Waals surface area contributed by atoms with Crippen molar-refractivity contribution in [3.8, 4) is 0 Å². The Morgan fingerprint density at radius 1 is 1.25 bits per heavy atom. The van der Waals surface area contributed by atoms with Gasteiger partial charge < -0.3 is 10.8 Å². The maximum atomic E-state index is 9.20. The first-order valence-electron chi connectivity index (χ1n) is 7.23. The van der Waals surface area contributed by atoms with Gasteiger partial charge in [-0.05, 0) is 55.6 Å². The van der Waals surface area contributed by atoms with Gasteiger partial charge in [-0.1, -0.05) is 6.07 Å². The van der Waals surface area contributed by atoms with Gasteiger partial charge in [-0.2, -0.15) is 0 Å². The highest BCUT2D eigenvalue weighted by Gasteiger charge is 2.19. The average molecular weight is 271 g/mol. The maximum Gasteiger partial charge on any atom is 0.0767 e. The number of piperidine rings is 1. The van der Waals surface area contributed by atoms with Crippen molar-refractivity contribution < 1.29 is 5.11 Å². The Morgan fingerprint density at radius 2 is 2.05 bits per heavy atom. The predicted molar refractivity (Wildman–Crippen MR) is 81.2 cm³/mol. The first-order valence-corrected chi connectivity index (χ1v) is 7.23. The number of nitrogen functional groups attached to an aromatic ring is 1. The van der Waals surface area contributed by atoms with Crippen LogP contribution in [0.15, 0.2) is 30.5 Å². The van der Waals surface area contributed by atoms with E-state index in [2.05, 4.69) is 16.0 Å². The van der Waals surface area contributed by atoms with Crippen LogP contribution in [0, 0.1) is 5.92 Å². The highest BCUT2D eigenvalue weighted by atomic mass is 16.3. The van der Waals surface area contributed by atoms with Crippen LogP contribution < -0.4 is 5.73 Å². The Hall–Kier alpha value is -1.65. The van der Waals surface area contributed by atoms with Gasteiger partial charge in [0, 0.05) is 30.4 Å². The highest BCUT2D eigenvalue weighted by molar-refractivity contribution is 5.92. The number of aliphatic hydroxyl groups is 1. The minimum Gasteiger partial charge on any atom is -0.398 e. The molecule has 0 unspecified atom stereocenters. The Labute approximate surface area is 119 Å². The van der Waals surface area contributed by atoms with Gasteiger partial charge in [-0.3, -0.25) is 9.88 Å². The third-order valence-corrected chi connectivity index (χ3v) is 4.25. The molecule has 0 atom stereocenters. The molecule has 0 amide bonds. The minimum atomic E-state index is 0.320. The molecule has 1 aromatic carbocycles. The second kappa shape index (κ2) is 5.77. The molecule has 20 heavy (non-hydrogen) atoms. The zero-order valence-electron chi connectivity index (χ0n) is 11.6. The van der Waals surface area contributed by atoms with E-state index in [0.29, 0.717) is 12.5 Å². The zero-order valence-corrected chi connectivity index (χ0v) is 11.6. The van der Waals surface area contributed by atoms with Gasteiger partial charge in [0.05, 0.1) is 5.52 Å². The molecule has 1 aliphatic rings. The lowest BCUT2D eigenvalue weighted by Gasteiger charge is -2.31. The van der Waals surface area contributed by atoms with E-state index in [9.17, 15) is 5.11 Å². The molecule has 1 aliphatic heterocycles. The van der Waals surface area contributed by atoms with Crippen LogP contribution in [0.3, 0.4) is 0 Å². The molecule has 2 aromatic rings. The van der Waals surface area contributed by atoms with E-state index in [4.69, 9.17) is 5.73 Å². The molecule has 0 spiro atoms. The summed E-state index contributed by atoms with van der Waals surface area (Å²) in [5.74, 6) is 0.479. The summed E-state index contributed by atoms with van der Waals surface area (Å²) >= 11 is 0. The normalized spacial score (nSPS) is 17.6. The van der Waals surface area contributed by atoms with Gasteiger partial charge in [0.2, 0.25) is 0 Å². The van der Waals surface area contributed by atoms with Crippen LogP contribution in [0.2, 0.25) is 0 Å². The van der Waals surface area contributed by atoms with Gasteiger partial charge in [-0.25, -0.2) is 0 Å². The molecule has 4 nitrogen and oxygen atoms in total. The third-order valence-electron chi connectivity index (χ3n) is 4.25. The second-order valence-corrected chi connectivity index (χ2v) is 5.62. The Morgan fingerprint density at radius 3 is 2.80 bits per heavy atom. The molecule has 3 rings (SSSR count). The molecule has 4 heteroatoms. The Kier molecular flexibility index (Phi) is 3.85. The number of anilines is 1. The van der Waals surface area contributed by atoms with Crippen molar-refractivity contribution in [1.82, 2.24) is 9.88 Å². The lowest BCUT2D eigenvalue weighted by atomic mass is 9.97. The van der Waals surface area contributed by atoms with Crippen molar-refractivity contribution in [1.29, 1.82) is 0 Å². The van der Waals surface area contributed by atoms with Gasteiger partial charge >= 0.3 is 0 Å². The minimum absolute atomic E-state index is 0.320. The monoisotopic (exact) mass is 271 g/mol. The number of aromatic nitrogens is 1. The molecule has 3 N–H and O–H groups in total. The molecular weight excluding hydrogens is 250 g/mol. The van der Waals surface area contributed by atoms with Crippen LogP contribution in [0.4, 0.5) is 5.69 Å². The van der Waals surface area contributed by atoms with E-state index in [1.807, 2.05) is 24.4 Å². The summed E-state index contributed by atoms with van der Waals surface area (Å²) in [7, 11) is 0. The van der Waals surface area contributed by atoms with Crippen molar-refractivity contribution in [2.24, 2.45) is 5.92 Å². The number of benzene rings is 1. The van der Waals surface area contributed by atoms with Gasteiger partial charge in [-0.15, -0.1) is 0 Å². The fraction of sp³-hybridized carbons (Fsp3) is 0.438. The average Bonchev–Trinajstić information content (AvgIpc) is 2.51. The zero-order chi connectivity index (χ0) is 13.9. The number of hydrogen-bond acceptors (Lipinski definition) is 4. The predicted octanol–water partition coefficient (Wildman–Crippen LogP) is 2.02. The van der Waals surface area contributed by atoms with Crippen LogP contribution in [-0.2, 0) is 6.54 Å². The molecule has 0 radical (unpaired) electrons. The molecule has 0 bridgehead atoms. The second-order valence-electron chi connectivity index (χ2n) is 5.62. The van der Waals surface area contributed by atoms with Crippen molar-refractivity contribution in [2.75, 3.05) is 25.4 Å².